The number of rotatable bonds is 12. The summed E-state index contributed by atoms with van der Waals surface area (Å²) in [5, 5.41) is 19.7. The lowest BCUT2D eigenvalue weighted by Gasteiger charge is -2.25. The maximum absolute atomic E-state index is 13.9. The highest BCUT2D eigenvalue weighted by Crippen LogP contribution is 2.14. The molecule has 2 atom stereocenters. The lowest BCUT2D eigenvalue weighted by molar-refractivity contribution is 0.0523. The minimum absolute atomic E-state index is 0.0203. The number of nitrogens with one attached hydrogen (secondary N) is 3. The molecule has 0 aliphatic carbocycles. The van der Waals surface area contributed by atoms with Crippen molar-refractivity contribution in [1.82, 2.24) is 16.0 Å². The molecule has 0 unspecified atom stereocenters. The summed E-state index contributed by atoms with van der Waals surface area (Å²) in [6.45, 7) is 8.28. The first kappa shape index (κ1) is 31.7. The molecule has 0 aromatic heterocycles. The number of aliphatic hydroxyl groups is 1. The van der Waals surface area contributed by atoms with Gasteiger partial charge in [-0.25, -0.2) is 13.6 Å². The summed E-state index contributed by atoms with van der Waals surface area (Å²) in [4.78, 5) is 25.0. The van der Waals surface area contributed by atoms with E-state index in [4.69, 9.17) is 4.74 Å². The molecule has 0 radical (unpaired) electrons. The summed E-state index contributed by atoms with van der Waals surface area (Å²) in [6.07, 6.45) is -0.656. The highest BCUT2D eigenvalue weighted by molar-refractivity contribution is 5.94. The van der Waals surface area contributed by atoms with E-state index in [1.807, 2.05) is 18.2 Å². The van der Waals surface area contributed by atoms with Crippen LogP contribution in [0.4, 0.5) is 13.6 Å². The van der Waals surface area contributed by atoms with Crippen LogP contribution in [0.1, 0.15) is 60.3 Å². The van der Waals surface area contributed by atoms with Gasteiger partial charge in [-0.1, -0.05) is 43.3 Å². The van der Waals surface area contributed by atoms with E-state index in [-0.39, 0.29) is 19.5 Å². The van der Waals surface area contributed by atoms with Crippen LogP contribution in [0.3, 0.4) is 0 Å². The lowest BCUT2D eigenvalue weighted by atomic mass is 9.99. The van der Waals surface area contributed by atoms with Crippen LogP contribution in [0.25, 0.3) is 0 Å². The van der Waals surface area contributed by atoms with Gasteiger partial charge < -0.3 is 25.8 Å². The number of halogens is 2. The summed E-state index contributed by atoms with van der Waals surface area (Å²) in [5.74, 6) is -1.92. The third kappa shape index (κ3) is 10.9. The van der Waals surface area contributed by atoms with Crippen molar-refractivity contribution in [2.45, 2.75) is 71.4 Å². The maximum Gasteiger partial charge on any atom is 0.407 e. The number of hydrogen-bond donors (Lipinski definition) is 4. The average Bonchev–Trinajstić information content (AvgIpc) is 2.90. The van der Waals surface area contributed by atoms with Crippen LogP contribution in [0.15, 0.2) is 66.7 Å². The first-order valence-electron chi connectivity index (χ1n) is 13.7. The minimum atomic E-state index is -1.04. The maximum atomic E-state index is 13.9. The van der Waals surface area contributed by atoms with E-state index in [0.717, 1.165) is 23.6 Å². The zero-order valence-corrected chi connectivity index (χ0v) is 24.0. The van der Waals surface area contributed by atoms with E-state index in [0.29, 0.717) is 17.7 Å². The van der Waals surface area contributed by atoms with Gasteiger partial charge in [0.05, 0.1) is 12.1 Å². The SMILES string of the molecule is CCc1cccc(CNC[C@@H](O)[C@H](Cc2cc(F)cc(F)c2)NC(=O)c2ccc(CNC(=O)OC(C)(C)C)cc2)c1. The highest BCUT2D eigenvalue weighted by Gasteiger charge is 2.23. The van der Waals surface area contributed by atoms with E-state index in [1.165, 1.54) is 17.7 Å². The van der Waals surface area contributed by atoms with Gasteiger partial charge in [0, 0.05) is 31.3 Å². The molecule has 9 heteroatoms. The number of alkyl carbamates (subject to hydrolysis) is 1. The third-order valence-electron chi connectivity index (χ3n) is 6.29. The van der Waals surface area contributed by atoms with Crippen molar-refractivity contribution in [2.75, 3.05) is 6.54 Å². The standard InChI is InChI=1S/C32H39F2N3O4/c1-5-21-7-6-8-23(13-21)18-35-20-29(38)28(16-24-14-26(33)17-27(34)15-24)37-30(39)25-11-9-22(10-12-25)19-36-31(40)41-32(2,3)4/h6-15,17,28-29,35,38H,5,16,18-20H2,1-4H3,(H,36,40)(H,37,39)/t28-,29+/m0/s1. The monoisotopic (exact) mass is 567 g/mol. The molecule has 3 aromatic carbocycles. The van der Waals surface area contributed by atoms with Gasteiger partial charge in [0.15, 0.2) is 0 Å². The van der Waals surface area contributed by atoms with Crippen LogP contribution in [0, 0.1) is 11.6 Å². The smallest absolute Gasteiger partial charge is 0.407 e. The Balaban J connectivity index is 1.65. The summed E-state index contributed by atoms with van der Waals surface area (Å²) in [6, 6.07) is 17.0. The van der Waals surface area contributed by atoms with Crippen molar-refractivity contribution in [3.8, 4) is 0 Å². The van der Waals surface area contributed by atoms with Crippen molar-refractivity contribution in [3.05, 3.63) is 106 Å². The van der Waals surface area contributed by atoms with Gasteiger partial charge in [0.2, 0.25) is 0 Å². The fraction of sp³-hybridized carbons (Fsp3) is 0.375. The third-order valence-corrected chi connectivity index (χ3v) is 6.29. The van der Waals surface area contributed by atoms with E-state index < -0.39 is 41.4 Å². The summed E-state index contributed by atoms with van der Waals surface area (Å²) in [5.41, 5.74) is 3.06. The quantitative estimate of drug-likeness (QED) is 0.246. The molecule has 3 aromatic rings. The fourth-order valence-electron chi connectivity index (χ4n) is 4.25. The summed E-state index contributed by atoms with van der Waals surface area (Å²) in [7, 11) is 0. The lowest BCUT2D eigenvalue weighted by Crippen LogP contribution is -2.48. The molecule has 0 aliphatic heterocycles. The Hall–Kier alpha value is -3.82. The normalized spacial score (nSPS) is 12.9. The van der Waals surface area contributed by atoms with Crippen LogP contribution in [-0.2, 0) is 30.7 Å². The Kier molecular flexibility index (Phi) is 11.4. The number of aliphatic hydroxyl groups excluding tert-OH is 1. The molecule has 0 spiro atoms. The van der Waals surface area contributed by atoms with Crippen molar-refractivity contribution >= 4 is 12.0 Å². The predicted molar refractivity (Wildman–Crippen MR) is 154 cm³/mol. The van der Waals surface area contributed by atoms with Crippen LogP contribution in [0.5, 0.6) is 0 Å². The van der Waals surface area contributed by atoms with E-state index in [2.05, 4.69) is 28.9 Å². The van der Waals surface area contributed by atoms with E-state index in [9.17, 15) is 23.5 Å². The zero-order chi connectivity index (χ0) is 30.0. The molecule has 0 saturated heterocycles. The Bertz CT molecular complexity index is 1290. The van der Waals surface area contributed by atoms with Gasteiger partial charge in [0.1, 0.15) is 17.2 Å². The highest BCUT2D eigenvalue weighted by atomic mass is 19.1. The molecule has 3 rings (SSSR count). The van der Waals surface area contributed by atoms with Crippen LogP contribution in [-0.4, -0.2) is 41.4 Å². The van der Waals surface area contributed by atoms with Gasteiger partial charge in [-0.15, -0.1) is 0 Å². The fourth-order valence-corrected chi connectivity index (χ4v) is 4.25. The first-order valence-corrected chi connectivity index (χ1v) is 13.7. The Morgan fingerprint density at radius 2 is 1.54 bits per heavy atom. The Morgan fingerprint density at radius 1 is 0.878 bits per heavy atom. The molecule has 4 N–H and O–H groups in total. The first-order chi connectivity index (χ1) is 19.4. The van der Waals surface area contributed by atoms with Crippen molar-refractivity contribution in [3.63, 3.8) is 0 Å². The van der Waals surface area contributed by atoms with Crippen LogP contribution in [0.2, 0.25) is 0 Å². The van der Waals surface area contributed by atoms with Crippen molar-refractivity contribution in [2.24, 2.45) is 0 Å². The van der Waals surface area contributed by atoms with Gasteiger partial charge >= 0.3 is 6.09 Å². The predicted octanol–water partition coefficient (Wildman–Crippen LogP) is 5.04. The number of carbonyl (C=O) groups excluding carboxylic acids is 2. The molecular formula is C32H39F2N3O4. The summed E-state index contributed by atoms with van der Waals surface area (Å²) < 4.78 is 32.9. The van der Waals surface area contributed by atoms with Crippen LogP contribution >= 0.6 is 0 Å². The average molecular weight is 568 g/mol. The number of carbonyl (C=O) groups is 2. The largest absolute Gasteiger partial charge is 0.444 e. The van der Waals surface area contributed by atoms with Gasteiger partial charge in [-0.2, -0.15) is 0 Å². The molecule has 0 heterocycles. The van der Waals surface area contributed by atoms with Crippen molar-refractivity contribution in [1.29, 1.82) is 0 Å². The Morgan fingerprint density at radius 3 is 2.17 bits per heavy atom. The number of amides is 2. The number of ether oxygens (including phenoxy) is 1. The molecule has 0 aliphatic rings. The topological polar surface area (TPSA) is 99.7 Å². The molecule has 220 valence electrons. The second kappa shape index (κ2) is 14.7. The second-order valence-corrected chi connectivity index (χ2v) is 11.0. The molecule has 41 heavy (non-hydrogen) atoms. The number of benzene rings is 3. The second-order valence-electron chi connectivity index (χ2n) is 11.0. The van der Waals surface area contributed by atoms with E-state index >= 15 is 0 Å². The summed E-state index contributed by atoms with van der Waals surface area (Å²) >= 11 is 0. The van der Waals surface area contributed by atoms with E-state index in [1.54, 1.807) is 45.0 Å². The minimum Gasteiger partial charge on any atom is -0.444 e. The number of hydrogen-bond acceptors (Lipinski definition) is 5. The molecule has 0 fully saturated rings. The van der Waals surface area contributed by atoms with Gasteiger partial charge in [-0.05, 0) is 80.1 Å². The molecule has 2 amide bonds. The van der Waals surface area contributed by atoms with Crippen LogP contribution < -0.4 is 16.0 Å². The molecule has 7 nitrogen and oxygen atoms in total. The van der Waals surface area contributed by atoms with Crippen molar-refractivity contribution < 1.29 is 28.2 Å². The zero-order valence-electron chi connectivity index (χ0n) is 24.0. The van der Waals surface area contributed by atoms with Gasteiger partial charge in [0.25, 0.3) is 5.91 Å². The number of aryl methyl sites for hydroxylation is 1. The Labute approximate surface area is 240 Å². The molecule has 0 saturated carbocycles. The van der Waals surface area contributed by atoms with Gasteiger partial charge in [-0.3, -0.25) is 4.79 Å². The molecule has 0 bridgehead atoms. The molecular weight excluding hydrogens is 528 g/mol.